The molecule has 1 unspecified atom stereocenters. The number of guanidine groups is 1. The van der Waals surface area contributed by atoms with Gasteiger partial charge in [-0.1, -0.05) is 42.8 Å². The van der Waals surface area contributed by atoms with Crippen molar-refractivity contribution in [1.82, 2.24) is 15.6 Å². The summed E-state index contributed by atoms with van der Waals surface area (Å²) >= 11 is 0. The molecule has 0 saturated heterocycles. The minimum Gasteiger partial charge on any atom is -0.475 e. The van der Waals surface area contributed by atoms with Crippen LogP contribution < -0.4 is 15.4 Å². The molecule has 152 valence electrons. The van der Waals surface area contributed by atoms with E-state index in [0.717, 1.165) is 24.6 Å². The normalized spacial score (nSPS) is 12.5. The Bertz CT molecular complexity index is 749. The van der Waals surface area contributed by atoms with Crippen molar-refractivity contribution in [2.45, 2.75) is 33.2 Å². The molecule has 0 bridgehead atoms. The zero-order chi connectivity index (χ0) is 20.2. The van der Waals surface area contributed by atoms with Crippen LogP contribution in [0.1, 0.15) is 36.5 Å². The Labute approximate surface area is 168 Å². The van der Waals surface area contributed by atoms with E-state index >= 15 is 0 Å². The van der Waals surface area contributed by atoms with Crippen molar-refractivity contribution < 1.29 is 9.47 Å². The summed E-state index contributed by atoms with van der Waals surface area (Å²) < 4.78 is 10.7. The second kappa shape index (κ2) is 12.0. The third-order valence-corrected chi connectivity index (χ3v) is 4.31. The maximum atomic E-state index is 5.69. The van der Waals surface area contributed by atoms with Crippen molar-refractivity contribution >= 4 is 5.96 Å². The first kappa shape index (κ1) is 21.7. The second-order valence-electron chi connectivity index (χ2n) is 6.70. The van der Waals surface area contributed by atoms with Gasteiger partial charge in [-0.25, -0.2) is 9.98 Å². The summed E-state index contributed by atoms with van der Waals surface area (Å²) in [5.74, 6) is 1.77. The first-order valence-corrected chi connectivity index (χ1v) is 9.78. The lowest BCUT2D eigenvalue weighted by Gasteiger charge is -2.17. The zero-order valence-corrected chi connectivity index (χ0v) is 17.4. The number of methoxy groups -OCH3 is 1. The molecule has 0 aliphatic carbocycles. The van der Waals surface area contributed by atoms with E-state index in [-0.39, 0.29) is 0 Å². The van der Waals surface area contributed by atoms with Crippen molar-refractivity contribution in [3.63, 3.8) is 0 Å². The van der Waals surface area contributed by atoms with Gasteiger partial charge in [0.1, 0.15) is 6.61 Å². The van der Waals surface area contributed by atoms with Crippen LogP contribution in [0.3, 0.4) is 0 Å². The summed E-state index contributed by atoms with van der Waals surface area (Å²) in [6, 6.07) is 12.5. The number of nitrogens with zero attached hydrogens (tertiary/aromatic N) is 2. The summed E-state index contributed by atoms with van der Waals surface area (Å²) in [6.45, 7) is 9.49. The number of aliphatic imine (C=N–C) groups is 1. The predicted molar refractivity (Wildman–Crippen MR) is 114 cm³/mol. The summed E-state index contributed by atoms with van der Waals surface area (Å²) in [6.07, 6.45) is 1.72. The van der Waals surface area contributed by atoms with E-state index in [1.165, 1.54) is 11.1 Å². The molecule has 28 heavy (non-hydrogen) atoms. The van der Waals surface area contributed by atoms with Crippen LogP contribution in [0.2, 0.25) is 0 Å². The SMILES string of the molecule is CCNC(=NCc1cccnc1OCCOC)NCC(C)c1cccc(C)c1. The Morgan fingerprint density at radius 3 is 2.79 bits per heavy atom. The zero-order valence-electron chi connectivity index (χ0n) is 17.4. The number of rotatable bonds is 10. The van der Waals surface area contributed by atoms with Crippen LogP contribution >= 0.6 is 0 Å². The number of aryl methyl sites for hydroxylation is 1. The van der Waals surface area contributed by atoms with Crippen LogP contribution in [0.25, 0.3) is 0 Å². The van der Waals surface area contributed by atoms with Crippen LogP contribution in [0.4, 0.5) is 0 Å². The molecule has 0 amide bonds. The highest BCUT2D eigenvalue weighted by atomic mass is 16.5. The monoisotopic (exact) mass is 384 g/mol. The Kier molecular flexibility index (Phi) is 9.28. The van der Waals surface area contributed by atoms with Gasteiger partial charge in [-0.05, 0) is 31.4 Å². The summed E-state index contributed by atoms with van der Waals surface area (Å²) in [7, 11) is 1.65. The van der Waals surface area contributed by atoms with Crippen LogP contribution in [-0.4, -0.2) is 44.4 Å². The Hall–Kier alpha value is -2.60. The first-order valence-electron chi connectivity index (χ1n) is 9.78. The van der Waals surface area contributed by atoms with E-state index in [9.17, 15) is 0 Å². The molecule has 2 N–H and O–H groups in total. The van der Waals surface area contributed by atoms with Crippen LogP contribution in [0.5, 0.6) is 5.88 Å². The van der Waals surface area contributed by atoms with Gasteiger partial charge in [0.15, 0.2) is 5.96 Å². The standard InChI is InChI=1S/C22H32N4O2/c1-5-23-22(25-15-18(3)19-9-6-8-17(2)14-19)26-16-20-10-7-11-24-21(20)28-13-12-27-4/h6-11,14,18H,5,12-13,15-16H2,1-4H3,(H2,23,25,26). The molecule has 0 aliphatic rings. The molecule has 0 spiro atoms. The molecule has 2 aromatic rings. The fourth-order valence-electron chi connectivity index (χ4n) is 2.75. The highest BCUT2D eigenvalue weighted by Gasteiger charge is 2.08. The fourth-order valence-corrected chi connectivity index (χ4v) is 2.75. The summed E-state index contributed by atoms with van der Waals surface area (Å²) in [5, 5.41) is 6.74. The lowest BCUT2D eigenvalue weighted by Crippen LogP contribution is -2.39. The van der Waals surface area contributed by atoms with E-state index in [1.54, 1.807) is 13.3 Å². The van der Waals surface area contributed by atoms with Crippen molar-refractivity contribution in [3.05, 3.63) is 59.3 Å². The van der Waals surface area contributed by atoms with Gasteiger partial charge in [0, 0.05) is 32.0 Å². The smallest absolute Gasteiger partial charge is 0.218 e. The number of benzene rings is 1. The number of ether oxygens (including phenoxy) is 2. The Morgan fingerprint density at radius 2 is 2.04 bits per heavy atom. The largest absolute Gasteiger partial charge is 0.475 e. The van der Waals surface area contributed by atoms with Gasteiger partial charge in [0.05, 0.1) is 13.2 Å². The molecule has 0 radical (unpaired) electrons. The molecule has 2 rings (SSSR count). The molecule has 6 nitrogen and oxygen atoms in total. The van der Waals surface area contributed by atoms with Gasteiger partial charge in [-0.2, -0.15) is 0 Å². The average molecular weight is 385 g/mol. The van der Waals surface area contributed by atoms with Gasteiger partial charge in [0.2, 0.25) is 5.88 Å². The van der Waals surface area contributed by atoms with Crippen molar-refractivity contribution in [3.8, 4) is 5.88 Å². The van der Waals surface area contributed by atoms with E-state index < -0.39 is 0 Å². The third kappa shape index (κ3) is 7.19. The second-order valence-corrected chi connectivity index (χ2v) is 6.70. The van der Waals surface area contributed by atoms with Crippen molar-refractivity contribution in [1.29, 1.82) is 0 Å². The molecule has 1 aromatic heterocycles. The number of aromatic nitrogens is 1. The van der Waals surface area contributed by atoms with Crippen LogP contribution in [0, 0.1) is 6.92 Å². The molecular weight excluding hydrogens is 352 g/mol. The average Bonchev–Trinajstić information content (AvgIpc) is 2.71. The van der Waals surface area contributed by atoms with Crippen molar-refractivity contribution in [2.24, 2.45) is 4.99 Å². The van der Waals surface area contributed by atoms with Gasteiger partial charge in [0.25, 0.3) is 0 Å². The summed E-state index contributed by atoms with van der Waals surface area (Å²) in [5.41, 5.74) is 3.55. The molecule has 6 heteroatoms. The van der Waals surface area contributed by atoms with Crippen LogP contribution in [-0.2, 0) is 11.3 Å². The molecular formula is C22H32N4O2. The van der Waals surface area contributed by atoms with Gasteiger partial charge >= 0.3 is 0 Å². The summed E-state index contributed by atoms with van der Waals surface area (Å²) in [4.78, 5) is 9.01. The predicted octanol–water partition coefficient (Wildman–Crippen LogP) is 3.27. The number of pyridine rings is 1. The Balaban J connectivity index is 1.98. The lowest BCUT2D eigenvalue weighted by atomic mass is 9.99. The van der Waals surface area contributed by atoms with Crippen LogP contribution in [0.15, 0.2) is 47.6 Å². The lowest BCUT2D eigenvalue weighted by molar-refractivity contribution is 0.143. The minimum absolute atomic E-state index is 0.384. The number of nitrogens with one attached hydrogen (secondary N) is 2. The van der Waals surface area contributed by atoms with E-state index in [1.807, 2.05) is 12.1 Å². The highest BCUT2D eigenvalue weighted by molar-refractivity contribution is 5.79. The fraction of sp³-hybridized carbons (Fsp3) is 0.455. The molecule has 1 aromatic carbocycles. The molecule has 1 atom stereocenters. The molecule has 0 fully saturated rings. The van der Waals surface area contributed by atoms with E-state index in [0.29, 0.717) is 31.6 Å². The first-order chi connectivity index (χ1) is 13.6. The maximum absolute atomic E-state index is 5.69. The van der Waals surface area contributed by atoms with Gasteiger partial charge in [-0.15, -0.1) is 0 Å². The van der Waals surface area contributed by atoms with E-state index in [4.69, 9.17) is 14.5 Å². The third-order valence-electron chi connectivity index (χ3n) is 4.31. The molecule has 0 aliphatic heterocycles. The maximum Gasteiger partial charge on any atom is 0.218 e. The van der Waals surface area contributed by atoms with Crippen molar-refractivity contribution in [2.75, 3.05) is 33.4 Å². The van der Waals surface area contributed by atoms with Gasteiger partial charge < -0.3 is 20.1 Å². The number of hydrogen-bond donors (Lipinski definition) is 2. The topological polar surface area (TPSA) is 67.8 Å². The highest BCUT2D eigenvalue weighted by Crippen LogP contribution is 2.16. The minimum atomic E-state index is 0.384. The Morgan fingerprint density at radius 1 is 1.18 bits per heavy atom. The molecule has 0 saturated carbocycles. The quantitative estimate of drug-likeness (QED) is 0.374. The molecule has 1 heterocycles. The number of hydrogen-bond acceptors (Lipinski definition) is 4. The van der Waals surface area contributed by atoms with Gasteiger partial charge in [-0.3, -0.25) is 0 Å². The van der Waals surface area contributed by atoms with E-state index in [2.05, 4.69) is 60.7 Å².